The summed E-state index contributed by atoms with van der Waals surface area (Å²) in [5.74, 6) is -0.650. The molecule has 1 aromatic carbocycles. The molecule has 0 saturated carbocycles. The smallest absolute Gasteiger partial charge is 0.241 e. The lowest BCUT2D eigenvalue weighted by molar-refractivity contribution is -0.121. The van der Waals surface area contributed by atoms with Crippen LogP contribution in [0, 0.1) is 5.92 Å². The van der Waals surface area contributed by atoms with Crippen molar-refractivity contribution < 1.29 is 17.9 Å². The second-order valence-corrected chi connectivity index (χ2v) is 5.57. The Morgan fingerprint density at radius 2 is 2.06 bits per heavy atom. The molecule has 1 atom stereocenters. The fraction of sp³-hybridized carbons (Fsp3) is 0.364. The average molecular weight is 272 g/mol. The first-order chi connectivity index (χ1) is 8.25. The Labute approximate surface area is 106 Å². The number of hydrogen-bond acceptors (Lipinski definition) is 4. The highest BCUT2D eigenvalue weighted by molar-refractivity contribution is 7.89. The van der Waals surface area contributed by atoms with Gasteiger partial charge in [0.25, 0.3) is 0 Å². The zero-order valence-electron chi connectivity index (χ0n) is 10.2. The molecule has 0 aliphatic heterocycles. The van der Waals surface area contributed by atoms with Gasteiger partial charge in [-0.2, -0.15) is 0 Å². The molecule has 100 valence electrons. The van der Waals surface area contributed by atoms with Crippen LogP contribution in [-0.4, -0.2) is 21.4 Å². The monoisotopic (exact) mass is 272 g/mol. The molecule has 1 amide bonds. The van der Waals surface area contributed by atoms with Crippen LogP contribution < -0.4 is 15.6 Å². The van der Waals surface area contributed by atoms with Gasteiger partial charge >= 0.3 is 0 Å². The second kappa shape index (κ2) is 5.36. The van der Waals surface area contributed by atoms with Crippen LogP contribution in [0.4, 0.5) is 0 Å². The number of methoxy groups -OCH3 is 1. The molecule has 1 aromatic rings. The zero-order chi connectivity index (χ0) is 13.9. The number of primary amides is 1. The van der Waals surface area contributed by atoms with Crippen molar-refractivity contribution in [2.24, 2.45) is 16.8 Å². The Morgan fingerprint density at radius 1 is 1.44 bits per heavy atom. The van der Waals surface area contributed by atoms with E-state index in [4.69, 9.17) is 15.6 Å². The number of nitrogens with two attached hydrogens (primary N) is 2. The Bertz CT molecular complexity index is 554. The third-order valence-corrected chi connectivity index (χ3v) is 3.49. The predicted molar refractivity (Wildman–Crippen MR) is 66.4 cm³/mol. The lowest BCUT2D eigenvalue weighted by Crippen LogP contribution is -2.22. The molecule has 18 heavy (non-hydrogen) atoms. The lowest BCUT2D eigenvalue weighted by Gasteiger charge is -2.11. The van der Waals surface area contributed by atoms with E-state index in [1.165, 1.54) is 19.2 Å². The fourth-order valence-corrected chi connectivity index (χ4v) is 2.27. The Morgan fingerprint density at radius 3 is 2.50 bits per heavy atom. The Kier molecular flexibility index (Phi) is 4.31. The third-order valence-electron chi connectivity index (χ3n) is 2.56. The molecule has 0 aliphatic rings. The van der Waals surface area contributed by atoms with E-state index in [9.17, 15) is 13.2 Å². The number of sulfonamides is 1. The first-order valence-corrected chi connectivity index (χ1v) is 6.79. The van der Waals surface area contributed by atoms with Gasteiger partial charge in [-0.25, -0.2) is 13.6 Å². The van der Waals surface area contributed by atoms with Crippen molar-refractivity contribution in [1.29, 1.82) is 0 Å². The molecule has 7 heteroatoms. The van der Waals surface area contributed by atoms with Gasteiger partial charge in [-0.15, -0.1) is 0 Å². The number of amides is 1. The van der Waals surface area contributed by atoms with Crippen LogP contribution in [0.5, 0.6) is 5.75 Å². The summed E-state index contributed by atoms with van der Waals surface area (Å²) in [7, 11) is -2.51. The molecule has 0 radical (unpaired) electrons. The summed E-state index contributed by atoms with van der Waals surface area (Å²) in [5, 5.41) is 5.09. The maximum Gasteiger partial charge on any atom is 0.241 e. The van der Waals surface area contributed by atoms with Crippen LogP contribution in [-0.2, 0) is 21.2 Å². The number of carbonyl (C=O) groups is 1. The van der Waals surface area contributed by atoms with Gasteiger partial charge in [-0.1, -0.05) is 13.0 Å². The fourth-order valence-electron chi connectivity index (χ4n) is 1.52. The minimum absolute atomic E-state index is 0.0980. The largest absolute Gasteiger partial charge is 0.495 e. The zero-order valence-corrected chi connectivity index (χ0v) is 11.0. The Hall–Kier alpha value is -1.60. The first-order valence-electron chi connectivity index (χ1n) is 5.24. The van der Waals surface area contributed by atoms with E-state index < -0.39 is 15.9 Å². The standard InChI is InChI=1S/C11H16N2O4S/c1-7(11(12)14)5-8-3-4-9(17-2)10(6-8)18(13,15)16/h3-4,6-7H,5H2,1-2H3,(H2,12,14)(H2,13,15,16). The molecule has 0 heterocycles. The lowest BCUT2D eigenvalue weighted by atomic mass is 10.0. The van der Waals surface area contributed by atoms with E-state index in [2.05, 4.69) is 0 Å². The molecule has 0 aliphatic carbocycles. The van der Waals surface area contributed by atoms with E-state index in [0.29, 0.717) is 12.0 Å². The van der Waals surface area contributed by atoms with Crippen molar-refractivity contribution in [3.8, 4) is 5.75 Å². The van der Waals surface area contributed by atoms with Crippen LogP contribution in [0.1, 0.15) is 12.5 Å². The molecule has 0 bridgehead atoms. The van der Waals surface area contributed by atoms with Crippen molar-refractivity contribution in [1.82, 2.24) is 0 Å². The second-order valence-electron chi connectivity index (χ2n) is 4.04. The Balaban J connectivity index is 3.15. The van der Waals surface area contributed by atoms with E-state index in [1.807, 2.05) is 0 Å². The molecule has 6 nitrogen and oxygen atoms in total. The molecule has 0 spiro atoms. The van der Waals surface area contributed by atoms with E-state index in [-0.39, 0.29) is 16.6 Å². The summed E-state index contributed by atoms with van der Waals surface area (Å²) in [5.41, 5.74) is 5.82. The van der Waals surface area contributed by atoms with Crippen LogP contribution in [0.15, 0.2) is 23.1 Å². The average Bonchev–Trinajstić information content (AvgIpc) is 2.27. The van der Waals surface area contributed by atoms with Gasteiger partial charge in [-0.3, -0.25) is 4.79 Å². The van der Waals surface area contributed by atoms with Crippen molar-refractivity contribution in [3.05, 3.63) is 23.8 Å². The highest BCUT2D eigenvalue weighted by Gasteiger charge is 2.17. The van der Waals surface area contributed by atoms with Gasteiger partial charge in [0.05, 0.1) is 7.11 Å². The number of benzene rings is 1. The number of primary sulfonamides is 1. The van der Waals surface area contributed by atoms with Crippen molar-refractivity contribution in [3.63, 3.8) is 0 Å². The molecular formula is C11H16N2O4S. The van der Waals surface area contributed by atoms with Gasteiger partial charge in [-0.05, 0) is 24.1 Å². The van der Waals surface area contributed by atoms with E-state index in [0.717, 1.165) is 0 Å². The molecule has 0 aromatic heterocycles. The van der Waals surface area contributed by atoms with Crippen molar-refractivity contribution >= 4 is 15.9 Å². The minimum atomic E-state index is -3.87. The van der Waals surface area contributed by atoms with Gasteiger partial charge in [0.15, 0.2) is 0 Å². The summed E-state index contributed by atoms with van der Waals surface area (Å²) < 4.78 is 27.7. The van der Waals surface area contributed by atoms with Gasteiger partial charge in [0, 0.05) is 5.92 Å². The minimum Gasteiger partial charge on any atom is -0.495 e. The molecular weight excluding hydrogens is 256 g/mol. The molecule has 4 N–H and O–H groups in total. The van der Waals surface area contributed by atoms with Crippen molar-refractivity contribution in [2.75, 3.05) is 7.11 Å². The third kappa shape index (κ3) is 3.44. The SMILES string of the molecule is COc1ccc(CC(C)C(N)=O)cc1S(N)(=O)=O. The maximum atomic E-state index is 11.4. The highest BCUT2D eigenvalue weighted by Crippen LogP contribution is 2.24. The van der Waals surface area contributed by atoms with E-state index in [1.54, 1.807) is 13.0 Å². The summed E-state index contributed by atoms with van der Waals surface area (Å²) in [6.45, 7) is 1.67. The molecule has 0 fully saturated rings. The summed E-state index contributed by atoms with van der Waals surface area (Å²) in [6.07, 6.45) is 0.349. The van der Waals surface area contributed by atoms with E-state index >= 15 is 0 Å². The topological polar surface area (TPSA) is 112 Å². The predicted octanol–water partition coefficient (Wildman–Crippen LogP) is 0.00650. The van der Waals surface area contributed by atoms with Crippen molar-refractivity contribution in [2.45, 2.75) is 18.2 Å². The normalized spacial score (nSPS) is 13.1. The van der Waals surface area contributed by atoms with Gasteiger partial charge in [0.2, 0.25) is 15.9 Å². The highest BCUT2D eigenvalue weighted by atomic mass is 32.2. The number of carbonyl (C=O) groups excluding carboxylic acids is 1. The van der Waals surface area contributed by atoms with Gasteiger partial charge < -0.3 is 10.5 Å². The maximum absolute atomic E-state index is 11.4. The van der Waals surface area contributed by atoms with Crippen LogP contribution >= 0.6 is 0 Å². The number of ether oxygens (including phenoxy) is 1. The molecule has 1 unspecified atom stereocenters. The summed E-state index contributed by atoms with van der Waals surface area (Å²) in [4.78, 5) is 10.9. The molecule has 1 rings (SSSR count). The quantitative estimate of drug-likeness (QED) is 0.785. The summed E-state index contributed by atoms with van der Waals surface area (Å²) in [6, 6.07) is 4.57. The number of rotatable bonds is 5. The van der Waals surface area contributed by atoms with Gasteiger partial charge in [0.1, 0.15) is 10.6 Å². The van der Waals surface area contributed by atoms with Crippen LogP contribution in [0.2, 0.25) is 0 Å². The van der Waals surface area contributed by atoms with Crippen LogP contribution in [0.3, 0.4) is 0 Å². The molecule has 0 saturated heterocycles. The van der Waals surface area contributed by atoms with Crippen LogP contribution in [0.25, 0.3) is 0 Å². The first kappa shape index (κ1) is 14.5. The number of hydrogen-bond donors (Lipinski definition) is 2. The summed E-state index contributed by atoms with van der Waals surface area (Å²) >= 11 is 0.